The van der Waals surface area contributed by atoms with Gasteiger partial charge in [-0.15, -0.1) is 0 Å². The van der Waals surface area contributed by atoms with Gasteiger partial charge >= 0.3 is 5.97 Å². The van der Waals surface area contributed by atoms with Crippen molar-refractivity contribution in [1.29, 1.82) is 0 Å². The Balaban J connectivity index is 2.12. The highest BCUT2D eigenvalue weighted by atomic mass is 16.5. The summed E-state index contributed by atoms with van der Waals surface area (Å²) in [5.74, 6) is -0.603. The number of nitrogen functional groups attached to an aromatic ring is 1. The first-order valence-corrected chi connectivity index (χ1v) is 5.72. The van der Waals surface area contributed by atoms with Gasteiger partial charge in [-0.3, -0.25) is 4.98 Å². The number of carbonyl (C=O) groups is 1. The van der Waals surface area contributed by atoms with E-state index in [0.717, 1.165) is 11.1 Å². The van der Waals surface area contributed by atoms with Crippen LogP contribution in [-0.4, -0.2) is 16.1 Å². The monoisotopic (exact) mass is 258 g/mol. The minimum absolute atomic E-state index is 0.0415. The molecule has 0 saturated carbocycles. The summed E-state index contributed by atoms with van der Waals surface area (Å²) >= 11 is 0. The highest BCUT2D eigenvalue weighted by Crippen LogP contribution is 2.20. The van der Waals surface area contributed by atoms with Crippen LogP contribution >= 0.6 is 0 Å². The summed E-state index contributed by atoms with van der Waals surface area (Å²) < 4.78 is 5.53. The average molecular weight is 258 g/mol. The van der Waals surface area contributed by atoms with Crippen LogP contribution in [0.15, 0.2) is 36.7 Å². The molecule has 0 aliphatic rings. The molecule has 0 spiro atoms. The van der Waals surface area contributed by atoms with Crippen LogP contribution < -0.4 is 10.5 Å². The molecule has 0 saturated heterocycles. The number of rotatable bonds is 4. The minimum Gasteiger partial charge on any atom is -0.489 e. The van der Waals surface area contributed by atoms with Gasteiger partial charge in [-0.1, -0.05) is 0 Å². The van der Waals surface area contributed by atoms with Crippen LogP contribution in [0.2, 0.25) is 0 Å². The molecule has 2 rings (SSSR count). The van der Waals surface area contributed by atoms with E-state index in [1.165, 1.54) is 12.1 Å². The molecule has 98 valence electrons. The lowest BCUT2D eigenvalue weighted by atomic mass is 10.1. The van der Waals surface area contributed by atoms with Crippen LogP contribution in [0.4, 0.5) is 5.69 Å². The number of carboxylic acids is 1. The number of hydrogen-bond donors (Lipinski definition) is 2. The second-order valence-corrected chi connectivity index (χ2v) is 4.21. The zero-order valence-corrected chi connectivity index (χ0v) is 10.5. The Bertz CT molecular complexity index is 611. The molecule has 1 aromatic heterocycles. The van der Waals surface area contributed by atoms with Crippen molar-refractivity contribution in [3.63, 3.8) is 0 Å². The van der Waals surface area contributed by atoms with Gasteiger partial charge in [-0.2, -0.15) is 0 Å². The molecule has 5 heteroatoms. The number of aromatic carboxylic acids is 1. The maximum Gasteiger partial charge on any atom is 0.337 e. The number of nitrogens with zero attached hydrogens (tertiary/aromatic N) is 1. The predicted molar refractivity (Wildman–Crippen MR) is 71.1 cm³/mol. The molecule has 0 fully saturated rings. The Morgan fingerprint density at radius 3 is 2.84 bits per heavy atom. The van der Waals surface area contributed by atoms with Crippen LogP contribution in [0.3, 0.4) is 0 Å². The lowest BCUT2D eigenvalue weighted by molar-refractivity contribution is 0.0697. The Labute approximate surface area is 110 Å². The van der Waals surface area contributed by atoms with Crippen LogP contribution in [0.25, 0.3) is 0 Å². The van der Waals surface area contributed by atoms with Crippen LogP contribution in [0.1, 0.15) is 21.5 Å². The number of carboxylic acid groups (broad SMARTS) is 1. The SMILES string of the molecule is Cc1cncc(COc2ccc(N)c(C(=O)O)c2)c1. The molecule has 0 unspecified atom stereocenters. The van der Waals surface area contributed by atoms with Gasteiger partial charge in [-0.25, -0.2) is 4.79 Å². The number of hydrogen-bond acceptors (Lipinski definition) is 4. The first-order chi connectivity index (χ1) is 9.06. The molecule has 1 aromatic carbocycles. The summed E-state index contributed by atoms with van der Waals surface area (Å²) in [7, 11) is 0. The smallest absolute Gasteiger partial charge is 0.337 e. The minimum atomic E-state index is -1.07. The number of anilines is 1. The van der Waals surface area contributed by atoms with Crippen molar-refractivity contribution in [3.05, 3.63) is 53.3 Å². The van der Waals surface area contributed by atoms with Gasteiger partial charge in [0.05, 0.1) is 5.56 Å². The Morgan fingerprint density at radius 2 is 2.16 bits per heavy atom. The van der Waals surface area contributed by atoms with Gasteiger partial charge in [0.1, 0.15) is 12.4 Å². The summed E-state index contributed by atoms with van der Waals surface area (Å²) in [4.78, 5) is 15.0. The fraction of sp³-hybridized carbons (Fsp3) is 0.143. The maximum atomic E-state index is 10.9. The third kappa shape index (κ3) is 3.22. The van der Waals surface area contributed by atoms with E-state index in [9.17, 15) is 4.79 Å². The summed E-state index contributed by atoms with van der Waals surface area (Å²) in [5, 5.41) is 8.97. The van der Waals surface area contributed by atoms with Crippen molar-refractivity contribution >= 4 is 11.7 Å². The van der Waals surface area contributed by atoms with Crippen LogP contribution in [0, 0.1) is 6.92 Å². The zero-order chi connectivity index (χ0) is 13.8. The van der Waals surface area contributed by atoms with Gasteiger partial charge in [0.15, 0.2) is 0 Å². The average Bonchev–Trinajstić information content (AvgIpc) is 2.37. The largest absolute Gasteiger partial charge is 0.489 e. The fourth-order valence-corrected chi connectivity index (χ4v) is 1.67. The molecule has 0 atom stereocenters. The highest BCUT2D eigenvalue weighted by Gasteiger charge is 2.09. The van der Waals surface area contributed by atoms with E-state index in [-0.39, 0.29) is 11.3 Å². The van der Waals surface area contributed by atoms with Gasteiger partial charge in [0, 0.05) is 23.6 Å². The third-order valence-electron chi connectivity index (χ3n) is 2.59. The zero-order valence-electron chi connectivity index (χ0n) is 10.5. The van der Waals surface area contributed by atoms with Gasteiger partial charge in [-0.05, 0) is 36.8 Å². The lowest BCUT2D eigenvalue weighted by Crippen LogP contribution is -2.03. The molecular weight excluding hydrogens is 244 g/mol. The number of pyridine rings is 1. The van der Waals surface area contributed by atoms with Crippen molar-refractivity contribution < 1.29 is 14.6 Å². The number of nitrogens with two attached hydrogens (primary N) is 1. The lowest BCUT2D eigenvalue weighted by Gasteiger charge is -2.08. The number of aryl methyl sites for hydroxylation is 1. The van der Waals surface area contributed by atoms with Crippen molar-refractivity contribution in [2.45, 2.75) is 13.5 Å². The first-order valence-electron chi connectivity index (χ1n) is 5.72. The summed E-state index contributed by atoms with van der Waals surface area (Å²) in [6.45, 7) is 2.28. The van der Waals surface area contributed by atoms with Crippen LogP contribution in [0.5, 0.6) is 5.75 Å². The maximum absolute atomic E-state index is 10.9. The Kier molecular flexibility index (Phi) is 3.66. The molecule has 0 bridgehead atoms. The second-order valence-electron chi connectivity index (χ2n) is 4.21. The summed E-state index contributed by atoms with van der Waals surface area (Å²) in [6.07, 6.45) is 3.47. The third-order valence-corrected chi connectivity index (χ3v) is 2.59. The van der Waals surface area contributed by atoms with Gasteiger partial charge in [0.25, 0.3) is 0 Å². The molecule has 19 heavy (non-hydrogen) atoms. The molecule has 0 aliphatic carbocycles. The molecular formula is C14H14N2O3. The molecule has 1 heterocycles. The molecule has 3 N–H and O–H groups in total. The Morgan fingerprint density at radius 1 is 1.37 bits per heavy atom. The van der Waals surface area contributed by atoms with Crippen molar-refractivity contribution in [2.24, 2.45) is 0 Å². The van der Waals surface area contributed by atoms with Crippen molar-refractivity contribution in [2.75, 3.05) is 5.73 Å². The van der Waals surface area contributed by atoms with E-state index in [0.29, 0.717) is 12.4 Å². The molecule has 0 amide bonds. The molecule has 2 aromatic rings. The normalized spacial score (nSPS) is 10.2. The van der Waals surface area contributed by atoms with Gasteiger partial charge in [0.2, 0.25) is 0 Å². The van der Waals surface area contributed by atoms with Crippen LogP contribution in [-0.2, 0) is 6.61 Å². The van der Waals surface area contributed by atoms with E-state index < -0.39 is 5.97 Å². The molecule has 5 nitrogen and oxygen atoms in total. The number of aromatic nitrogens is 1. The second kappa shape index (κ2) is 5.39. The Hall–Kier alpha value is -2.56. The van der Waals surface area contributed by atoms with Crippen molar-refractivity contribution in [1.82, 2.24) is 4.98 Å². The van der Waals surface area contributed by atoms with E-state index in [1.807, 2.05) is 13.0 Å². The van der Waals surface area contributed by atoms with Gasteiger partial charge < -0.3 is 15.6 Å². The summed E-state index contributed by atoms with van der Waals surface area (Å²) in [6, 6.07) is 6.54. The summed E-state index contributed by atoms with van der Waals surface area (Å²) in [5.41, 5.74) is 7.80. The van der Waals surface area contributed by atoms with E-state index in [4.69, 9.17) is 15.6 Å². The van der Waals surface area contributed by atoms with E-state index in [1.54, 1.807) is 18.5 Å². The number of benzene rings is 1. The first kappa shape index (κ1) is 12.9. The van der Waals surface area contributed by atoms with E-state index >= 15 is 0 Å². The van der Waals surface area contributed by atoms with Crippen molar-refractivity contribution in [3.8, 4) is 5.75 Å². The topological polar surface area (TPSA) is 85.4 Å². The highest BCUT2D eigenvalue weighted by molar-refractivity contribution is 5.94. The number of ether oxygens (including phenoxy) is 1. The molecule has 0 radical (unpaired) electrons. The standard InChI is InChI=1S/C14H14N2O3/c1-9-4-10(7-16-6-9)8-19-11-2-3-13(15)12(5-11)14(17)18/h2-7H,8,15H2,1H3,(H,17,18). The predicted octanol–water partition coefficient (Wildman–Crippen LogP) is 2.25. The molecule has 0 aliphatic heterocycles. The quantitative estimate of drug-likeness (QED) is 0.821. The fourth-order valence-electron chi connectivity index (χ4n) is 1.67. The van der Waals surface area contributed by atoms with E-state index in [2.05, 4.69) is 4.98 Å².